The van der Waals surface area contributed by atoms with Gasteiger partial charge in [-0.2, -0.15) is 0 Å². The Balaban J connectivity index is 2.49. The van der Waals surface area contributed by atoms with E-state index in [-0.39, 0.29) is 5.91 Å². The van der Waals surface area contributed by atoms with Crippen molar-refractivity contribution in [3.05, 3.63) is 35.9 Å². The van der Waals surface area contributed by atoms with Crippen molar-refractivity contribution in [2.45, 2.75) is 45.1 Å². The van der Waals surface area contributed by atoms with E-state index in [1.54, 1.807) is 0 Å². The van der Waals surface area contributed by atoms with Crippen LogP contribution < -0.4 is 5.32 Å². The number of carbonyl (C=O) groups is 2. The van der Waals surface area contributed by atoms with Crippen molar-refractivity contribution in [3.8, 4) is 0 Å². The van der Waals surface area contributed by atoms with Crippen molar-refractivity contribution in [1.29, 1.82) is 0 Å². The van der Waals surface area contributed by atoms with E-state index < -0.39 is 12.0 Å². The SMILES string of the molecule is CCCCCC(=O)N[C@H](Cc1ccccc1)C(=O)O. The van der Waals surface area contributed by atoms with E-state index in [2.05, 4.69) is 12.2 Å². The molecule has 1 atom stereocenters. The first kappa shape index (κ1) is 15.2. The molecule has 4 heteroatoms. The topological polar surface area (TPSA) is 66.4 Å². The smallest absolute Gasteiger partial charge is 0.326 e. The largest absolute Gasteiger partial charge is 0.480 e. The zero-order valence-electron chi connectivity index (χ0n) is 11.3. The van der Waals surface area contributed by atoms with Gasteiger partial charge in [0.05, 0.1) is 0 Å². The Hall–Kier alpha value is -1.84. The Morgan fingerprint density at radius 2 is 1.89 bits per heavy atom. The van der Waals surface area contributed by atoms with Gasteiger partial charge in [-0.3, -0.25) is 4.79 Å². The van der Waals surface area contributed by atoms with Crippen LogP contribution in [0.4, 0.5) is 0 Å². The zero-order valence-corrected chi connectivity index (χ0v) is 11.3. The standard InChI is InChI=1S/C15H21NO3/c1-2-3-5-10-14(17)16-13(15(18)19)11-12-8-6-4-7-9-12/h4,6-9,13H,2-3,5,10-11H2,1H3,(H,16,17)(H,18,19)/t13-/m1/s1. The van der Waals surface area contributed by atoms with E-state index in [9.17, 15) is 9.59 Å². The lowest BCUT2D eigenvalue weighted by molar-refractivity contribution is -0.141. The van der Waals surface area contributed by atoms with E-state index in [4.69, 9.17) is 5.11 Å². The summed E-state index contributed by atoms with van der Waals surface area (Å²) in [6.07, 6.45) is 3.55. The number of unbranched alkanes of at least 4 members (excludes halogenated alkanes) is 2. The van der Waals surface area contributed by atoms with Gasteiger partial charge in [-0.05, 0) is 12.0 Å². The number of carboxylic acids is 1. The summed E-state index contributed by atoms with van der Waals surface area (Å²) in [5.74, 6) is -1.18. The number of rotatable bonds is 8. The molecule has 0 heterocycles. The molecule has 0 aliphatic heterocycles. The van der Waals surface area contributed by atoms with E-state index in [0.29, 0.717) is 12.8 Å². The second-order valence-electron chi connectivity index (χ2n) is 4.61. The van der Waals surface area contributed by atoms with Crippen LogP contribution in [0, 0.1) is 0 Å². The molecule has 4 nitrogen and oxygen atoms in total. The summed E-state index contributed by atoms with van der Waals surface area (Å²) in [6, 6.07) is 8.46. The molecule has 0 fully saturated rings. The van der Waals surface area contributed by atoms with Crippen LogP contribution in [0.15, 0.2) is 30.3 Å². The first-order chi connectivity index (χ1) is 9.13. The average molecular weight is 263 g/mol. The maximum absolute atomic E-state index is 11.6. The third-order valence-corrected chi connectivity index (χ3v) is 2.92. The molecule has 19 heavy (non-hydrogen) atoms. The molecule has 1 aromatic rings. The van der Waals surface area contributed by atoms with Crippen molar-refractivity contribution in [2.75, 3.05) is 0 Å². The summed E-state index contributed by atoms with van der Waals surface area (Å²) in [7, 11) is 0. The fourth-order valence-corrected chi connectivity index (χ4v) is 1.85. The van der Waals surface area contributed by atoms with Crippen LogP contribution in [0.2, 0.25) is 0 Å². The van der Waals surface area contributed by atoms with Crippen LogP contribution in [0.3, 0.4) is 0 Å². The fourth-order valence-electron chi connectivity index (χ4n) is 1.85. The Morgan fingerprint density at radius 1 is 1.21 bits per heavy atom. The molecular weight excluding hydrogens is 242 g/mol. The minimum Gasteiger partial charge on any atom is -0.480 e. The molecule has 104 valence electrons. The van der Waals surface area contributed by atoms with Crippen LogP contribution >= 0.6 is 0 Å². The molecule has 1 aromatic carbocycles. The van der Waals surface area contributed by atoms with Crippen LogP contribution in [0.5, 0.6) is 0 Å². The summed E-state index contributed by atoms with van der Waals surface area (Å²) in [4.78, 5) is 22.8. The molecule has 0 unspecified atom stereocenters. The summed E-state index contributed by atoms with van der Waals surface area (Å²) in [5.41, 5.74) is 0.906. The maximum atomic E-state index is 11.6. The number of amides is 1. The minimum atomic E-state index is -0.993. The molecule has 0 aromatic heterocycles. The summed E-state index contributed by atoms with van der Waals surface area (Å²) >= 11 is 0. The average Bonchev–Trinajstić information content (AvgIpc) is 2.39. The minimum absolute atomic E-state index is 0.184. The molecule has 2 N–H and O–H groups in total. The lowest BCUT2D eigenvalue weighted by Gasteiger charge is -2.14. The van der Waals surface area contributed by atoms with Gasteiger partial charge in [0.2, 0.25) is 5.91 Å². The summed E-state index contributed by atoms with van der Waals surface area (Å²) in [5, 5.41) is 11.7. The van der Waals surface area contributed by atoms with Crippen LogP contribution in [-0.4, -0.2) is 23.0 Å². The van der Waals surface area contributed by atoms with Crippen molar-refractivity contribution in [3.63, 3.8) is 0 Å². The molecule has 1 amide bonds. The highest BCUT2D eigenvalue weighted by molar-refractivity contribution is 5.83. The van der Waals surface area contributed by atoms with Crippen molar-refractivity contribution >= 4 is 11.9 Å². The second-order valence-corrected chi connectivity index (χ2v) is 4.61. The molecule has 0 bridgehead atoms. The van der Waals surface area contributed by atoms with E-state index in [1.807, 2.05) is 30.3 Å². The number of nitrogens with one attached hydrogen (secondary N) is 1. The fraction of sp³-hybridized carbons (Fsp3) is 0.467. The van der Waals surface area contributed by atoms with Crippen molar-refractivity contribution in [1.82, 2.24) is 5.32 Å². The Kier molecular flexibility index (Phi) is 6.64. The molecule has 0 spiro atoms. The van der Waals surface area contributed by atoms with E-state index >= 15 is 0 Å². The Morgan fingerprint density at radius 3 is 2.47 bits per heavy atom. The third-order valence-electron chi connectivity index (χ3n) is 2.92. The van der Waals surface area contributed by atoms with Gasteiger partial charge in [0.15, 0.2) is 0 Å². The lowest BCUT2D eigenvalue weighted by atomic mass is 10.1. The first-order valence-electron chi connectivity index (χ1n) is 6.69. The Bertz CT molecular complexity index is 403. The van der Waals surface area contributed by atoms with Crippen LogP contribution in [0.25, 0.3) is 0 Å². The number of aliphatic carboxylic acids is 1. The lowest BCUT2D eigenvalue weighted by Crippen LogP contribution is -2.42. The number of carbonyl (C=O) groups excluding carboxylic acids is 1. The van der Waals surface area contributed by atoms with Crippen LogP contribution in [-0.2, 0) is 16.0 Å². The maximum Gasteiger partial charge on any atom is 0.326 e. The third kappa shape index (κ3) is 6.04. The van der Waals surface area contributed by atoms with Crippen molar-refractivity contribution in [2.24, 2.45) is 0 Å². The molecular formula is C15H21NO3. The van der Waals surface area contributed by atoms with Gasteiger partial charge in [-0.1, -0.05) is 50.1 Å². The van der Waals surface area contributed by atoms with Gasteiger partial charge in [0.25, 0.3) is 0 Å². The summed E-state index contributed by atoms with van der Waals surface area (Å²) in [6.45, 7) is 2.06. The van der Waals surface area contributed by atoms with Gasteiger partial charge in [0, 0.05) is 12.8 Å². The van der Waals surface area contributed by atoms with Gasteiger partial charge in [0.1, 0.15) is 6.04 Å². The highest BCUT2D eigenvalue weighted by Crippen LogP contribution is 2.05. The molecule has 0 saturated carbocycles. The number of hydrogen-bond acceptors (Lipinski definition) is 2. The molecule has 0 radical (unpaired) electrons. The number of hydrogen-bond donors (Lipinski definition) is 2. The Labute approximate surface area is 113 Å². The second kappa shape index (κ2) is 8.29. The molecule has 1 rings (SSSR count). The zero-order chi connectivity index (χ0) is 14.1. The summed E-state index contributed by atoms with van der Waals surface area (Å²) < 4.78 is 0. The van der Waals surface area contributed by atoms with E-state index in [0.717, 1.165) is 24.8 Å². The molecule has 0 saturated heterocycles. The quantitative estimate of drug-likeness (QED) is 0.708. The van der Waals surface area contributed by atoms with Crippen molar-refractivity contribution < 1.29 is 14.7 Å². The van der Waals surface area contributed by atoms with Gasteiger partial charge < -0.3 is 10.4 Å². The number of benzene rings is 1. The monoisotopic (exact) mass is 263 g/mol. The predicted molar refractivity (Wildman–Crippen MR) is 73.9 cm³/mol. The van der Waals surface area contributed by atoms with Crippen LogP contribution in [0.1, 0.15) is 38.2 Å². The number of carboxylic acid groups (broad SMARTS) is 1. The van der Waals surface area contributed by atoms with Gasteiger partial charge in [-0.15, -0.1) is 0 Å². The van der Waals surface area contributed by atoms with E-state index in [1.165, 1.54) is 0 Å². The highest BCUT2D eigenvalue weighted by atomic mass is 16.4. The van der Waals surface area contributed by atoms with Gasteiger partial charge >= 0.3 is 5.97 Å². The first-order valence-corrected chi connectivity index (χ1v) is 6.69. The van der Waals surface area contributed by atoms with Gasteiger partial charge in [-0.25, -0.2) is 4.79 Å². The normalized spacial score (nSPS) is 11.8. The molecule has 0 aliphatic rings. The molecule has 0 aliphatic carbocycles. The highest BCUT2D eigenvalue weighted by Gasteiger charge is 2.19. The predicted octanol–water partition coefficient (Wildman–Crippen LogP) is 2.38.